The molecule has 2 heterocycles. The van der Waals surface area contributed by atoms with Crippen molar-refractivity contribution in [3.05, 3.63) is 29.3 Å². The van der Waals surface area contributed by atoms with E-state index >= 15 is 0 Å². The molecule has 1 saturated heterocycles. The van der Waals surface area contributed by atoms with E-state index in [4.69, 9.17) is 4.74 Å². The summed E-state index contributed by atoms with van der Waals surface area (Å²) in [6.07, 6.45) is 7.67. The van der Waals surface area contributed by atoms with Crippen molar-refractivity contribution in [2.45, 2.75) is 44.6 Å². The highest BCUT2D eigenvalue weighted by molar-refractivity contribution is 5.39. The highest BCUT2D eigenvalue weighted by atomic mass is 16.5. The van der Waals surface area contributed by atoms with E-state index in [9.17, 15) is 0 Å². The van der Waals surface area contributed by atoms with Crippen LogP contribution in [-0.4, -0.2) is 19.2 Å². The van der Waals surface area contributed by atoms with Crippen molar-refractivity contribution in [1.29, 1.82) is 0 Å². The molecule has 1 aromatic rings. The summed E-state index contributed by atoms with van der Waals surface area (Å²) >= 11 is 0. The molecular weight excluding hydrogens is 210 g/mol. The van der Waals surface area contributed by atoms with Crippen molar-refractivity contribution in [1.82, 2.24) is 5.32 Å². The van der Waals surface area contributed by atoms with Gasteiger partial charge in [0.05, 0.1) is 6.61 Å². The Morgan fingerprint density at radius 3 is 3.18 bits per heavy atom. The predicted octanol–water partition coefficient (Wildman–Crippen LogP) is 2.70. The van der Waals surface area contributed by atoms with Gasteiger partial charge in [-0.15, -0.1) is 0 Å². The van der Waals surface area contributed by atoms with Gasteiger partial charge in [0.15, 0.2) is 0 Å². The number of ether oxygens (including phenoxy) is 1. The standard InChI is InChI=1S/C15H21NO/c1-2-9-16-14(3-1)6-4-12-5-7-15-13(11-12)8-10-17-15/h5,7,11,14,16H,1-4,6,8-10H2. The topological polar surface area (TPSA) is 21.3 Å². The molecule has 0 spiro atoms. The second-order valence-corrected chi connectivity index (χ2v) is 5.23. The summed E-state index contributed by atoms with van der Waals surface area (Å²) in [7, 11) is 0. The molecule has 0 aliphatic carbocycles. The molecule has 3 rings (SSSR count). The summed E-state index contributed by atoms with van der Waals surface area (Å²) in [5.74, 6) is 1.10. The van der Waals surface area contributed by atoms with Crippen molar-refractivity contribution in [2.24, 2.45) is 0 Å². The summed E-state index contributed by atoms with van der Waals surface area (Å²) in [5, 5.41) is 3.62. The zero-order valence-electron chi connectivity index (χ0n) is 10.4. The Labute approximate surface area is 103 Å². The molecule has 2 nitrogen and oxygen atoms in total. The van der Waals surface area contributed by atoms with Crippen LogP contribution in [0, 0.1) is 0 Å². The average molecular weight is 231 g/mol. The van der Waals surface area contributed by atoms with Crippen LogP contribution < -0.4 is 10.1 Å². The fourth-order valence-corrected chi connectivity index (χ4v) is 2.91. The number of hydrogen-bond acceptors (Lipinski definition) is 2. The lowest BCUT2D eigenvalue weighted by atomic mass is 9.97. The first-order valence-corrected chi connectivity index (χ1v) is 6.90. The van der Waals surface area contributed by atoms with E-state index < -0.39 is 0 Å². The van der Waals surface area contributed by atoms with Crippen LogP contribution in [0.2, 0.25) is 0 Å². The van der Waals surface area contributed by atoms with Crippen molar-refractivity contribution in [2.75, 3.05) is 13.2 Å². The van der Waals surface area contributed by atoms with Gasteiger partial charge < -0.3 is 10.1 Å². The number of benzene rings is 1. The van der Waals surface area contributed by atoms with Gasteiger partial charge in [-0.1, -0.05) is 18.6 Å². The molecule has 92 valence electrons. The first-order chi connectivity index (χ1) is 8.42. The summed E-state index contributed by atoms with van der Waals surface area (Å²) < 4.78 is 5.54. The quantitative estimate of drug-likeness (QED) is 0.863. The molecular formula is C15H21NO. The third kappa shape index (κ3) is 2.63. The first kappa shape index (κ1) is 11.1. The molecule has 0 aromatic heterocycles. The molecule has 1 fully saturated rings. The van der Waals surface area contributed by atoms with Crippen LogP contribution >= 0.6 is 0 Å². The van der Waals surface area contributed by atoms with E-state index in [1.54, 1.807) is 0 Å². The average Bonchev–Trinajstić information content (AvgIpc) is 2.85. The fourth-order valence-electron chi connectivity index (χ4n) is 2.91. The van der Waals surface area contributed by atoms with Gasteiger partial charge >= 0.3 is 0 Å². The summed E-state index contributed by atoms with van der Waals surface area (Å²) in [5.41, 5.74) is 2.88. The highest BCUT2D eigenvalue weighted by Crippen LogP contribution is 2.26. The molecule has 2 aliphatic heterocycles. The number of nitrogens with one attached hydrogen (secondary N) is 1. The smallest absolute Gasteiger partial charge is 0.122 e. The minimum Gasteiger partial charge on any atom is -0.493 e. The molecule has 0 saturated carbocycles. The van der Waals surface area contributed by atoms with Gasteiger partial charge in [-0.05, 0) is 49.4 Å². The Balaban J connectivity index is 1.57. The Morgan fingerprint density at radius 2 is 2.29 bits per heavy atom. The SMILES string of the molecule is c1cc2c(cc1CCC1CCCCN1)CCO2. The monoisotopic (exact) mass is 231 g/mol. The van der Waals surface area contributed by atoms with Crippen molar-refractivity contribution in [3.63, 3.8) is 0 Å². The maximum absolute atomic E-state index is 5.54. The van der Waals surface area contributed by atoms with Crippen molar-refractivity contribution in [3.8, 4) is 5.75 Å². The van der Waals surface area contributed by atoms with Crippen molar-refractivity contribution >= 4 is 0 Å². The number of piperidine rings is 1. The Morgan fingerprint density at radius 1 is 1.29 bits per heavy atom. The second-order valence-electron chi connectivity index (χ2n) is 5.23. The fraction of sp³-hybridized carbons (Fsp3) is 0.600. The minimum absolute atomic E-state index is 0.744. The number of rotatable bonds is 3. The second kappa shape index (κ2) is 5.09. The number of hydrogen-bond donors (Lipinski definition) is 1. The van der Waals surface area contributed by atoms with Crippen LogP contribution in [0.3, 0.4) is 0 Å². The third-order valence-electron chi connectivity index (χ3n) is 3.95. The lowest BCUT2D eigenvalue weighted by Gasteiger charge is -2.23. The normalized spacial score (nSPS) is 23.2. The molecule has 17 heavy (non-hydrogen) atoms. The van der Waals surface area contributed by atoms with Gasteiger partial charge in [-0.2, -0.15) is 0 Å². The van der Waals surface area contributed by atoms with E-state index in [1.807, 2.05) is 0 Å². The zero-order chi connectivity index (χ0) is 11.5. The van der Waals surface area contributed by atoms with Crippen molar-refractivity contribution < 1.29 is 4.74 Å². The van der Waals surface area contributed by atoms with Crippen LogP contribution in [0.15, 0.2) is 18.2 Å². The number of aryl methyl sites for hydroxylation is 1. The first-order valence-electron chi connectivity index (χ1n) is 6.90. The third-order valence-corrected chi connectivity index (χ3v) is 3.95. The van der Waals surface area contributed by atoms with Gasteiger partial charge in [0, 0.05) is 12.5 Å². The Kier molecular flexibility index (Phi) is 3.32. The van der Waals surface area contributed by atoms with Gasteiger partial charge in [-0.3, -0.25) is 0 Å². The molecule has 1 aromatic carbocycles. The summed E-state index contributed by atoms with van der Waals surface area (Å²) in [6.45, 7) is 2.08. The predicted molar refractivity (Wildman–Crippen MR) is 69.6 cm³/mol. The van der Waals surface area contributed by atoms with Crippen LogP contribution in [0.5, 0.6) is 5.75 Å². The number of fused-ring (bicyclic) bond motifs is 1. The molecule has 1 N–H and O–H groups in total. The maximum Gasteiger partial charge on any atom is 0.122 e. The maximum atomic E-state index is 5.54. The van der Waals surface area contributed by atoms with Gasteiger partial charge in [-0.25, -0.2) is 0 Å². The molecule has 2 heteroatoms. The molecule has 1 atom stereocenters. The van der Waals surface area contributed by atoms with E-state index in [0.717, 1.165) is 24.8 Å². The van der Waals surface area contributed by atoms with Crippen LogP contribution in [0.1, 0.15) is 36.8 Å². The van der Waals surface area contributed by atoms with Gasteiger partial charge in [0.25, 0.3) is 0 Å². The van der Waals surface area contributed by atoms with Gasteiger partial charge in [0.2, 0.25) is 0 Å². The van der Waals surface area contributed by atoms with Crippen LogP contribution in [-0.2, 0) is 12.8 Å². The Hall–Kier alpha value is -1.02. The molecule has 1 unspecified atom stereocenters. The minimum atomic E-state index is 0.744. The Bertz CT molecular complexity index is 383. The molecule has 0 bridgehead atoms. The summed E-state index contributed by atoms with van der Waals surface area (Å²) in [6, 6.07) is 7.46. The van der Waals surface area contributed by atoms with Crippen LogP contribution in [0.25, 0.3) is 0 Å². The van der Waals surface area contributed by atoms with Gasteiger partial charge in [0.1, 0.15) is 5.75 Å². The largest absolute Gasteiger partial charge is 0.493 e. The zero-order valence-corrected chi connectivity index (χ0v) is 10.4. The lowest BCUT2D eigenvalue weighted by molar-refractivity contribution is 0.356. The summed E-state index contributed by atoms with van der Waals surface area (Å²) in [4.78, 5) is 0. The van der Waals surface area contributed by atoms with E-state index in [1.165, 1.54) is 49.8 Å². The molecule has 0 amide bonds. The lowest BCUT2D eigenvalue weighted by Crippen LogP contribution is -2.34. The van der Waals surface area contributed by atoms with E-state index in [-0.39, 0.29) is 0 Å². The van der Waals surface area contributed by atoms with E-state index in [2.05, 4.69) is 23.5 Å². The van der Waals surface area contributed by atoms with E-state index in [0.29, 0.717) is 0 Å². The molecule has 2 aliphatic rings. The molecule has 0 radical (unpaired) electrons. The van der Waals surface area contributed by atoms with Crippen LogP contribution in [0.4, 0.5) is 0 Å². The highest BCUT2D eigenvalue weighted by Gasteiger charge is 2.14.